The third-order valence-corrected chi connectivity index (χ3v) is 6.02. The van der Waals surface area contributed by atoms with Gasteiger partial charge in [-0.25, -0.2) is 4.98 Å². The van der Waals surface area contributed by atoms with Crippen LogP contribution in [0, 0.1) is 5.92 Å². The van der Waals surface area contributed by atoms with E-state index in [-0.39, 0.29) is 24.2 Å². The van der Waals surface area contributed by atoms with Gasteiger partial charge in [0.2, 0.25) is 5.91 Å². The van der Waals surface area contributed by atoms with Crippen LogP contribution in [0.4, 0.5) is 5.13 Å². The number of carbonyl (C=O) groups excluding carboxylic acids is 1. The minimum absolute atomic E-state index is 0. The molecule has 1 saturated heterocycles. The lowest BCUT2D eigenvalue weighted by atomic mass is 9.93. The van der Waals surface area contributed by atoms with Gasteiger partial charge in [0, 0.05) is 27.2 Å². The van der Waals surface area contributed by atoms with Crippen molar-refractivity contribution in [2.24, 2.45) is 5.92 Å². The van der Waals surface area contributed by atoms with Crippen molar-refractivity contribution in [2.75, 3.05) is 11.9 Å². The molecule has 0 saturated carbocycles. The summed E-state index contributed by atoms with van der Waals surface area (Å²) < 4.78 is 1.06. The van der Waals surface area contributed by atoms with Crippen LogP contribution >= 0.6 is 51.0 Å². The highest BCUT2D eigenvalue weighted by Gasteiger charge is 2.25. The van der Waals surface area contributed by atoms with Crippen LogP contribution in [0.25, 0.3) is 10.6 Å². The second kappa shape index (κ2) is 7.88. The smallest absolute Gasteiger partial charge is 0.229 e. The van der Waals surface area contributed by atoms with E-state index in [1.165, 1.54) is 11.3 Å². The molecule has 8 heteroatoms. The van der Waals surface area contributed by atoms with E-state index in [0.29, 0.717) is 11.2 Å². The van der Waals surface area contributed by atoms with Crippen molar-refractivity contribution in [3.63, 3.8) is 0 Å². The minimum atomic E-state index is 0. The number of amides is 1. The van der Waals surface area contributed by atoms with Gasteiger partial charge < -0.3 is 10.6 Å². The number of halogens is 2. The Kier molecular flexibility index (Phi) is 6.40. The molecule has 1 aliphatic heterocycles. The maximum atomic E-state index is 12.3. The van der Waals surface area contributed by atoms with E-state index < -0.39 is 0 Å². The molecule has 2 aromatic heterocycles. The molecule has 2 N–H and O–H groups in total. The van der Waals surface area contributed by atoms with E-state index in [1.807, 2.05) is 16.8 Å². The lowest BCUT2D eigenvalue weighted by molar-refractivity contribution is -0.120. The summed E-state index contributed by atoms with van der Waals surface area (Å²) >= 11 is 6.56. The first-order valence-corrected chi connectivity index (χ1v) is 9.41. The number of carbonyl (C=O) groups is 1. The molecular weight excluding hydrogens is 406 g/mol. The van der Waals surface area contributed by atoms with Gasteiger partial charge in [0.05, 0.1) is 10.6 Å². The van der Waals surface area contributed by atoms with Gasteiger partial charge in [-0.1, -0.05) is 0 Å². The van der Waals surface area contributed by atoms with Gasteiger partial charge in [-0.3, -0.25) is 4.79 Å². The summed E-state index contributed by atoms with van der Waals surface area (Å²) in [5.74, 6) is 0.182. The Morgan fingerprint density at radius 3 is 2.95 bits per heavy atom. The molecule has 1 amide bonds. The number of rotatable bonds is 3. The highest BCUT2D eigenvalue weighted by molar-refractivity contribution is 9.10. The molecule has 1 aliphatic rings. The fraction of sp³-hybridized carbons (Fsp3) is 0.429. The maximum Gasteiger partial charge on any atom is 0.229 e. The number of thiazole rings is 1. The fourth-order valence-corrected chi connectivity index (χ4v) is 4.65. The van der Waals surface area contributed by atoms with Crippen molar-refractivity contribution in [2.45, 2.75) is 25.8 Å². The summed E-state index contributed by atoms with van der Waals surface area (Å²) in [5, 5.41) is 11.0. The van der Waals surface area contributed by atoms with Crippen LogP contribution in [0.15, 0.2) is 21.3 Å². The zero-order valence-electron chi connectivity index (χ0n) is 12.0. The molecule has 1 fully saturated rings. The van der Waals surface area contributed by atoms with Crippen molar-refractivity contribution in [3.05, 3.63) is 21.3 Å². The molecule has 0 spiro atoms. The standard InChI is InChI=1S/C14H16BrN3OS2.ClH/c1-8-4-9(2-3-16-8)13(19)18-14-17-11(7-21-14)12-5-10(15)6-20-12;/h5-9,16H,2-4H2,1H3,(H,17,18,19);1H/t8-,9-;/m0./s1. The second-order valence-electron chi connectivity index (χ2n) is 5.23. The zero-order chi connectivity index (χ0) is 14.8. The summed E-state index contributed by atoms with van der Waals surface area (Å²) in [6.07, 6.45) is 1.79. The molecule has 0 radical (unpaired) electrons. The van der Waals surface area contributed by atoms with Crippen LogP contribution < -0.4 is 10.6 Å². The molecule has 0 unspecified atom stereocenters. The Labute approximate surface area is 152 Å². The molecule has 120 valence electrons. The molecule has 2 aromatic rings. The van der Waals surface area contributed by atoms with Gasteiger partial charge in [-0.05, 0) is 48.3 Å². The SMILES string of the molecule is C[C@H]1C[C@@H](C(=O)Nc2nc(-c3cc(Br)cs3)cs2)CCN1.Cl. The van der Waals surface area contributed by atoms with Gasteiger partial charge in [-0.15, -0.1) is 35.1 Å². The number of nitrogens with one attached hydrogen (secondary N) is 2. The van der Waals surface area contributed by atoms with E-state index in [1.54, 1.807) is 11.3 Å². The molecule has 0 bridgehead atoms. The largest absolute Gasteiger partial charge is 0.314 e. The Morgan fingerprint density at radius 2 is 2.27 bits per heavy atom. The number of anilines is 1. The van der Waals surface area contributed by atoms with Crippen molar-refractivity contribution >= 4 is 62.0 Å². The number of thiophene rings is 1. The predicted molar refractivity (Wildman–Crippen MR) is 99.2 cm³/mol. The third kappa shape index (κ3) is 4.29. The Hall–Kier alpha value is -0.470. The molecular formula is C14H17BrClN3OS2. The van der Waals surface area contributed by atoms with E-state index in [4.69, 9.17) is 0 Å². The van der Waals surface area contributed by atoms with Crippen molar-refractivity contribution in [3.8, 4) is 10.6 Å². The van der Waals surface area contributed by atoms with Gasteiger partial charge in [-0.2, -0.15) is 0 Å². The molecule has 3 heterocycles. The summed E-state index contributed by atoms with van der Waals surface area (Å²) in [6.45, 7) is 3.03. The maximum absolute atomic E-state index is 12.3. The minimum Gasteiger partial charge on any atom is -0.314 e. The number of piperidine rings is 1. The van der Waals surface area contributed by atoms with Crippen molar-refractivity contribution < 1.29 is 4.79 Å². The lowest BCUT2D eigenvalue weighted by Gasteiger charge is -2.26. The molecule has 0 aromatic carbocycles. The summed E-state index contributed by atoms with van der Waals surface area (Å²) in [5.41, 5.74) is 0.921. The predicted octanol–water partition coefficient (Wildman–Crippen LogP) is 4.38. The van der Waals surface area contributed by atoms with Crippen LogP contribution in [0.3, 0.4) is 0 Å². The number of nitrogens with zero attached hydrogens (tertiary/aromatic N) is 1. The Morgan fingerprint density at radius 1 is 1.45 bits per heavy atom. The zero-order valence-corrected chi connectivity index (χ0v) is 16.0. The highest BCUT2D eigenvalue weighted by Crippen LogP contribution is 2.32. The monoisotopic (exact) mass is 421 g/mol. The average molecular weight is 423 g/mol. The number of hydrogen-bond donors (Lipinski definition) is 2. The van der Waals surface area contributed by atoms with Gasteiger partial charge in [0.15, 0.2) is 5.13 Å². The summed E-state index contributed by atoms with van der Waals surface area (Å²) in [7, 11) is 0. The van der Waals surface area contributed by atoms with E-state index in [2.05, 4.69) is 38.5 Å². The van der Waals surface area contributed by atoms with Crippen LogP contribution in [-0.4, -0.2) is 23.5 Å². The van der Waals surface area contributed by atoms with Crippen LogP contribution in [0.5, 0.6) is 0 Å². The molecule has 2 atom stereocenters. The number of hydrogen-bond acceptors (Lipinski definition) is 5. The quantitative estimate of drug-likeness (QED) is 0.771. The van der Waals surface area contributed by atoms with E-state index in [0.717, 1.165) is 34.4 Å². The van der Waals surface area contributed by atoms with Crippen LogP contribution in [-0.2, 0) is 4.79 Å². The molecule has 4 nitrogen and oxygen atoms in total. The molecule has 22 heavy (non-hydrogen) atoms. The average Bonchev–Trinajstić information content (AvgIpc) is 3.07. The topological polar surface area (TPSA) is 54.0 Å². The van der Waals surface area contributed by atoms with Crippen LogP contribution in [0.2, 0.25) is 0 Å². The second-order valence-corrected chi connectivity index (χ2v) is 7.92. The Balaban J connectivity index is 0.00000176. The van der Waals surface area contributed by atoms with E-state index >= 15 is 0 Å². The van der Waals surface area contributed by atoms with E-state index in [9.17, 15) is 4.79 Å². The normalized spacial score (nSPS) is 21.2. The van der Waals surface area contributed by atoms with Gasteiger partial charge in [0.25, 0.3) is 0 Å². The molecule has 0 aliphatic carbocycles. The Bertz CT molecular complexity index is 646. The number of aromatic nitrogens is 1. The molecule has 3 rings (SSSR count). The highest BCUT2D eigenvalue weighted by atomic mass is 79.9. The first kappa shape index (κ1) is 17.9. The third-order valence-electron chi connectivity index (χ3n) is 3.55. The lowest BCUT2D eigenvalue weighted by Crippen LogP contribution is -2.40. The fourth-order valence-electron chi connectivity index (χ4n) is 2.47. The first-order chi connectivity index (χ1) is 10.1. The van der Waals surface area contributed by atoms with Crippen LogP contribution in [0.1, 0.15) is 19.8 Å². The van der Waals surface area contributed by atoms with Crippen molar-refractivity contribution in [1.29, 1.82) is 0 Å². The van der Waals surface area contributed by atoms with Crippen molar-refractivity contribution in [1.82, 2.24) is 10.3 Å². The summed E-state index contributed by atoms with van der Waals surface area (Å²) in [6, 6.07) is 2.45. The first-order valence-electron chi connectivity index (χ1n) is 6.86. The summed E-state index contributed by atoms with van der Waals surface area (Å²) in [4.78, 5) is 17.9. The van der Waals surface area contributed by atoms with Gasteiger partial charge in [0.1, 0.15) is 0 Å². The van der Waals surface area contributed by atoms with Gasteiger partial charge >= 0.3 is 0 Å².